The van der Waals surface area contributed by atoms with E-state index in [1.807, 2.05) is 31.3 Å². The Morgan fingerprint density at radius 1 is 1.17 bits per heavy atom. The van der Waals surface area contributed by atoms with Gasteiger partial charge in [-0.05, 0) is 44.7 Å². The molecule has 0 aliphatic heterocycles. The summed E-state index contributed by atoms with van der Waals surface area (Å²) in [5, 5.41) is 16.3. The number of aliphatic hydroxyl groups excluding tert-OH is 1. The van der Waals surface area contributed by atoms with Gasteiger partial charge in [0.25, 0.3) is 0 Å². The van der Waals surface area contributed by atoms with Crippen LogP contribution in [0.3, 0.4) is 0 Å². The fourth-order valence-electron chi connectivity index (χ4n) is 2.86. The van der Waals surface area contributed by atoms with E-state index in [1.54, 1.807) is 6.20 Å². The first-order valence-electron chi connectivity index (χ1n) is 8.23. The number of hydrogen-bond acceptors (Lipinski definition) is 6. The molecule has 0 aromatic carbocycles. The van der Waals surface area contributed by atoms with Crippen molar-refractivity contribution in [2.45, 2.75) is 44.8 Å². The van der Waals surface area contributed by atoms with Crippen LogP contribution in [-0.4, -0.2) is 38.7 Å². The summed E-state index contributed by atoms with van der Waals surface area (Å²) in [6, 6.07) is 6.14. The molecule has 122 valence electrons. The molecular formula is C17H23N5O. The van der Waals surface area contributed by atoms with Crippen molar-refractivity contribution < 1.29 is 5.11 Å². The van der Waals surface area contributed by atoms with Crippen molar-refractivity contribution in [2.24, 2.45) is 0 Å². The summed E-state index contributed by atoms with van der Waals surface area (Å²) in [6.07, 6.45) is 6.99. The average molecular weight is 313 g/mol. The summed E-state index contributed by atoms with van der Waals surface area (Å²) in [5.41, 5.74) is 1.76. The number of nitrogens with zero attached hydrogens (tertiary/aromatic N) is 3. The SMILES string of the molecule is CCNc1ncc(-c2ccccn2)c(NC2CCC(O)CC2)n1. The third-order valence-corrected chi connectivity index (χ3v) is 4.10. The molecule has 0 bridgehead atoms. The van der Waals surface area contributed by atoms with Gasteiger partial charge < -0.3 is 15.7 Å². The zero-order valence-corrected chi connectivity index (χ0v) is 13.4. The highest BCUT2D eigenvalue weighted by Crippen LogP contribution is 2.28. The van der Waals surface area contributed by atoms with Crippen LogP contribution in [0.25, 0.3) is 11.3 Å². The lowest BCUT2D eigenvalue weighted by Gasteiger charge is -2.27. The van der Waals surface area contributed by atoms with Crippen LogP contribution < -0.4 is 10.6 Å². The van der Waals surface area contributed by atoms with E-state index in [9.17, 15) is 5.11 Å². The normalized spacial score (nSPS) is 21.0. The topological polar surface area (TPSA) is 83.0 Å². The van der Waals surface area contributed by atoms with Crippen LogP contribution in [0.1, 0.15) is 32.6 Å². The number of aromatic nitrogens is 3. The van der Waals surface area contributed by atoms with Gasteiger partial charge in [-0.15, -0.1) is 0 Å². The Morgan fingerprint density at radius 2 is 2.00 bits per heavy atom. The van der Waals surface area contributed by atoms with E-state index in [0.717, 1.165) is 49.3 Å². The van der Waals surface area contributed by atoms with Gasteiger partial charge in [0.05, 0.1) is 17.4 Å². The summed E-state index contributed by atoms with van der Waals surface area (Å²) >= 11 is 0. The molecule has 0 spiro atoms. The number of rotatable bonds is 5. The molecule has 0 atom stereocenters. The van der Waals surface area contributed by atoms with Crippen molar-refractivity contribution in [3.8, 4) is 11.3 Å². The Balaban J connectivity index is 1.87. The van der Waals surface area contributed by atoms with Gasteiger partial charge in [0.15, 0.2) is 0 Å². The lowest BCUT2D eigenvalue weighted by molar-refractivity contribution is 0.126. The van der Waals surface area contributed by atoms with Crippen LogP contribution >= 0.6 is 0 Å². The van der Waals surface area contributed by atoms with Crippen molar-refractivity contribution in [3.05, 3.63) is 30.6 Å². The monoisotopic (exact) mass is 313 g/mol. The summed E-state index contributed by atoms with van der Waals surface area (Å²) in [7, 11) is 0. The number of anilines is 2. The maximum Gasteiger partial charge on any atom is 0.224 e. The first-order chi connectivity index (χ1) is 11.3. The number of aliphatic hydroxyl groups is 1. The quantitative estimate of drug-likeness (QED) is 0.787. The van der Waals surface area contributed by atoms with Crippen LogP contribution in [-0.2, 0) is 0 Å². The first-order valence-corrected chi connectivity index (χ1v) is 8.23. The van der Waals surface area contributed by atoms with Crippen molar-refractivity contribution in [1.82, 2.24) is 15.0 Å². The molecule has 1 aliphatic rings. The number of hydrogen-bond donors (Lipinski definition) is 3. The van der Waals surface area contributed by atoms with E-state index in [2.05, 4.69) is 25.6 Å². The lowest BCUT2D eigenvalue weighted by atomic mass is 9.93. The third kappa shape index (κ3) is 3.96. The van der Waals surface area contributed by atoms with Gasteiger partial charge in [0, 0.05) is 25.0 Å². The molecule has 2 heterocycles. The van der Waals surface area contributed by atoms with Crippen LogP contribution in [0.4, 0.5) is 11.8 Å². The maximum atomic E-state index is 9.67. The fourth-order valence-corrected chi connectivity index (χ4v) is 2.86. The molecular weight excluding hydrogens is 290 g/mol. The van der Waals surface area contributed by atoms with Gasteiger partial charge in [-0.3, -0.25) is 4.98 Å². The Morgan fingerprint density at radius 3 is 2.70 bits per heavy atom. The molecule has 23 heavy (non-hydrogen) atoms. The standard InChI is InChI=1S/C17H23N5O/c1-2-18-17-20-11-14(15-5-3-4-10-19-15)16(22-17)21-12-6-8-13(23)9-7-12/h3-5,10-13,23H,2,6-9H2,1H3,(H2,18,20,21,22). The Bertz CT molecular complexity index is 626. The Hall–Kier alpha value is -2.21. The van der Waals surface area contributed by atoms with Gasteiger partial charge in [0.2, 0.25) is 5.95 Å². The van der Waals surface area contributed by atoms with Crippen molar-refractivity contribution in [2.75, 3.05) is 17.2 Å². The molecule has 1 saturated carbocycles. The Kier molecular flexibility index (Phi) is 5.02. The molecule has 0 saturated heterocycles. The predicted octanol–water partition coefficient (Wildman–Crippen LogP) is 2.69. The molecule has 3 N–H and O–H groups in total. The minimum absolute atomic E-state index is 0.161. The van der Waals surface area contributed by atoms with Gasteiger partial charge in [-0.25, -0.2) is 4.98 Å². The van der Waals surface area contributed by atoms with Crippen LogP contribution in [0.5, 0.6) is 0 Å². The van der Waals surface area contributed by atoms with E-state index in [4.69, 9.17) is 0 Å². The summed E-state index contributed by atoms with van der Waals surface area (Å²) in [4.78, 5) is 13.4. The van der Waals surface area contributed by atoms with E-state index in [-0.39, 0.29) is 6.10 Å². The Labute approximate surface area is 136 Å². The van der Waals surface area contributed by atoms with Crippen LogP contribution in [0, 0.1) is 0 Å². The van der Waals surface area contributed by atoms with Crippen LogP contribution in [0.15, 0.2) is 30.6 Å². The van der Waals surface area contributed by atoms with Crippen LogP contribution in [0.2, 0.25) is 0 Å². The highest BCUT2D eigenvalue weighted by atomic mass is 16.3. The van der Waals surface area contributed by atoms with E-state index < -0.39 is 0 Å². The second kappa shape index (κ2) is 7.37. The van der Waals surface area contributed by atoms with Gasteiger partial charge in [-0.2, -0.15) is 4.98 Å². The molecule has 3 rings (SSSR count). The highest BCUT2D eigenvalue weighted by molar-refractivity contribution is 5.72. The van der Waals surface area contributed by atoms with E-state index in [0.29, 0.717) is 12.0 Å². The van der Waals surface area contributed by atoms with Gasteiger partial charge >= 0.3 is 0 Å². The maximum absolute atomic E-state index is 9.67. The van der Waals surface area contributed by atoms with E-state index >= 15 is 0 Å². The van der Waals surface area contributed by atoms with E-state index in [1.165, 1.54) is 0 Å². The second-order valence-electron chi connectivity index (χ2n) is 5.85. The van der Waals surface area contributed by atoms with Crippen molar-refractivity contribution >= 4 is 11.8 Å². The molecule has 2 aromatic rings. The third-order valence-electron chi connectivity index (χ3n) is 4.10. The molecule has 1 aliphatic carbocycles. The minimum Gasteiger partial charge on any atom is -0.393 e. The molecule has 6 nitrogen and oxygen atoms in total. The smallest absolute Gasteiger partial charge is 0.224 e. The number of nitrogens with one attached hydrogen (secondary N) is 2. The second-order valence-corrected chi connectivity index (χ2v) is 5.85. The molecule has 6 heteroatoms. The summed E-state index contributed by atoms with van der Waals surface area (Å²) in [6.45, 7) is 2.80. The predicted molar refractivity (Wildman–Crippen MR) is 91.3 cm³/mol. The highest BCUT2D eigenvalue weighted by Gasteiger charge is 2.21. The van der Waals surface area contributed by atoms with Gasteiger partial charge in [-0.1, -0.05) is 6.07 Å². The average Bonchev–Trinajstić information content (AvgIpc) is 2.58. The molecule has 2 aromatic heterocycles. The lowest BCUT2D eigenvalue weighted by Crippen LogP contribution is -2.29. The summed E-state index contributed by atoms with van der Waals surface area (Å²) in [5.74, 6) is 1.42. The largest absolute Gasteiger partial charge is 0.393 e. The van der Waals surface area contributed by atoms with Crippen molar-refractivity contribution in [1.29, 1.82) is 0 Å². The first kappa shape index (κ1) is 15.7. The molecule has 0 unspecified atom stereocenters. The zero-order chi connectivity index (χ0) is 16.1. The fraction of sp³-hybridized carbons (Fsp3) is 0.471. The minimum atomic E-state index is -0.161. The molecule has 0 radical (unpaired) electrons. The zero-order valence-electron chi connectivity index (χ0n) is 13.4. The molecule has 1 fully saturated rings. The van der Waals surface area contributed by atoms with Crippen molar-refractivity contribution in [3.63, 3.8) is 0 Å². The summed E-state index contributed by atoms with van der Waals surface area (Å²) < 4.78 is 0. The molecule has 0 amide bonds. The number of pyridine rings is 1. The van der Waals surface area contributed by atoms with Gasteiger partial charge in [0.1, 0.15) is 5.82 Å².